The van der Waals surface area contributed by atoms with Crippen LogP contribution in [0.5, 0.6) is 0 Å². The molecule has 2 saturated heterocycles. The highest BCUT2D eigenvalue weighted by Gasteiger charge is 2.51. The Morgan fingerprint density at radius 2 is 1.41 bits per heavy atom. The van der Waals surface area contributed by atoms with Crippen molar-refractivity contribution in [1.82, 2.24) is 9.80 Å². The lowest BCUT2D eigenvalue weighted by Gasteiger charge is -2.62. The molecule has 0 aromatic heterocycles. The standard InChI is InChI=1S/C20H40N2/c1-15(2)8-19(9-18(7)16(3)4)10-21-11-20(12-21)13-22(14-20)17(5)6/h15-19H,8-14H2,1-7H3. The lowest BCUT2D eigenvalue weighted by atomic mass is 9.71. The number of hydrogen-bond donors (Lipinski definition) is 0. The van der Waals surface area contributed by atoms with E-state index in [0.717, 1.165) is 29.7 Å². The van der Waals surface area contributed by atoms with Crippen LogP contribution in [-0.2, 0) is 0 Å². The fourth-order valence-electron chi connectivity index (χ4n) is 4.49. The van der Waals surface area contributed by atoms with Crippen LogP contribution in [-0.4, -0.2) is 48.6 Å². The third kappa shape index (κ3) is 4.47. The van der Waals surface area contributed by atoms with Crippen molar-refractivity contribution in [3.8, 4) is 0 Å². The van der Waals surface area contributed by atoms with Crippen molar-refractivity contribution in [3.63, 3.8) is 0 Å². The fraction of sp³-hybridized carbons (Fsp3) is 1.00. The van der Waals surface area contributed by atoms with Crippen LogP contribution in [0.15, 0.2) is 0 Å². The van der Waals surface area contributed by atoms with Crippen LogP contribution in [0.2, 0.25) is 0 Å². The van der Waals surface area contributed by atoms with Crippen molar-refractivity contribution in [2.45, 2.75) is 67.3 Å². The molecule has 0 aliphatic carbocycles. The average molecular weight is 309 g/mol. The molecule has 0 amide bonds. The first-order valence-corrected chi connectivity index (χ1v) is 9.67. The molecular formula is C20H40N2. The molecule has 22 heavy (non-hydrogen) atoms. The van der Waals surface area contributed by atoms with Crippen molar-refractivity contribution in [3.05, 3.63) is 0 Å². The zero-order valence-corrected chi connectivity index (χ0v) is 16.2. The second-order valence-corrected chi connectivity index (χ2v) is 9.62. The number of nitrogens with zero attached hydrogens (tertiary/aromatic N) is 2. The van der Waals surface area contributed by atoms with Gasteiger partial charge in [0.2, 0.25) is 0 Å². The third-order valence-electron chi connectivity index (χ3n) is 6.09. The van der Waals surface area contributed by atoms with Crippen LogP contribution in [0.25, 0.3) is 0 Å². The van der Waals surface area contributed by atoms with Gasteiger partial charge in [0.25, 0.3) is 0 Å². The topological polar surface area (TPSA) is 6.48 Å². The van der Waals surface area contributed by atoms with E-state index in [-0.39, 0.29) is 0 Å². The van der Waals surface area contributed by atoms with E-state index in [2.05, 4.69) is 58.3 Å². The Balaban J connectivity index is 1.75. The van der Waals surface area contributed by atoms with E-state index < -0.39 is 0 Å². The molecule has 2 fully saturated rings. The number of rotatable bonds is 8. The van der Waals surface area contributed by atoms with Gasteiger partial charge in [0.15, 0.2) is 0 Å². The quantitative estimate of drug-likeness (QED) is 0.657. The molecule has 1 spiro atoms. The van der Waals surface area contributed by atoms with Crippen LogP contribution < -0.4 is 0 Å². The van der Waals surface area contributed by atoms with E-state index in [0.29, 0.717) is 5.41 Å². The molecule has 2 heteroatoms. The van der Waals surface area contributed by atoms with Crippen LogP contribution in [0, 0.1) is 29.1 Å². The van der Waals surface area contributed by atoms with Crippen molar-refractivity contribution >= 4 is 0 Å². The summed E-state index contributed by atoms with van der Waals surface area (Å²) in [7, 11) is 0. The van der Waals surface area contributed by atoms with Crippen LogP contribution in [0.1, 0.15) is 61.3 Å². The molecule has 2 aliphatic heterocycles. The van der Waals surface area contributed by atoms with E-state index >= 15 is 0 Å². The SMILES string of the molecule is CC(C)CC(CC(C)C(C)C)CN1CC2(C1)CN(C(C)C)C2. The molecule has 2 rings (SSSR count). The molecule has 2 unspecified atom stereocenters. The summed E-state index contributed by atoms with van der Waals surface area (Å²) in [6, 6.07) is 0.736. The molecule has 0 bridgehead atoms. The van der Waals surface area contributed by atoms with Gasteiger partial charge in [0.05, 0.1) is 0 Å². The molecule has 0 radical (unpaired) electrons. The lowest BCUT2D eigenvalue weighted by molar-refractivity contribution is -0.130. The average Bonchev–Trinajstić information content (AvgIpc) is 2.28. The summed E-state index contributed by atoms with van der Waals surface area (Å²) in [5, 5.41) is 0. The molecule has 0 N–H and O–H groups in total. The molecule has 2 aliphatic rings. The van der Waals surface area contributed by atoms with Crippen LogP contribution in [0.4, 0.5) is 0 Å². The molecule has 2 heterocycles. The summed E-state index contributed by atoms with van der Waals surface area (Å²) in [4.78, 5) is 5.38. The minimum Gasteiger partial charge on any atom is -0.302 e. The fourth-order valence-corrected chi connectivity index (χ4v) is 4.49. The lowest BCUT2D eigenvalue weighted by Crippen LogP contribution is -2.73. The van der Waals surface area contributed by atoms with Gasteiger partial charge in [-0.3, -0.25) is 4.90 Å². The van der Waals surface area contributed by atoms with Gasteiger partial charge in [-0.1, -0.05) is 34.6 Å². The summed E-state index contributed by atoms with van der Waals surface area (Å²) >= 11 is 0. The van der Waals surface area contributed by atoms with Crippen molar-refractivity contribution in [2.24, 2.45) is 29.1 Å². The first kappa shape index (κ1) is 18.3. The monoisotopic (exact) mass is 308 g/mol. The Labute approximate surface area is 139 Å². The second-order valence-electron chi connectivity index (χ2n) is 9.62. The van der Waals surface area contributed by atoms with Gasteiger partial charge in [-0.25, -0.2) is 0 Å². The van der Waals surface area contributed by atoms with Gasteiger partial charge in [-0.05, 0) is 50.4 Å². The normalized spacial score (nSPS) is 24.8. The second kappa shape index (κ2) is 7.21. The van der Waals surface area contributed by atoms with Gasteiger partial charge in [-0.15, -0.1) is 0 Å². The highest BCUT2D eigenvalue weighted by Crippen LogP contribution is 2.41. The van der Waals surface area contributed by atoms with Gasteiger partial charge < -0.3 is 4.90 Å². The smallest absolute Gasteiger partial charge is 0.0212 e. The van der Waals surface area contributed by atoms with E-state index in [1.54, 1.807) is 0 Å². The summed E-state index contributed by atoms with van der Waals surface area (Å²) < 4.78 is 0. The number of likely N-dealkylation sites (tertiary alicyclic amines) is 2. The van der Waals surface area contributed by atoms with Crippen LogP contribution in [0.3, 0.4) is 0 Å². The van der Waals surface area contributed by atoms with Crippen LogP contribution >= 0.6 is 0 Å². The molecule has 0 aromatic rings. The van der Waals surface area contributed by atoms with E-state index in [1.165, 1.54) is 45.6 Å². The predicted octanol–water partition coefficient (Wildman–Crippen LogP) is 4.36. The maximum atomic E-state index is 2.75. The maximum absolute atomic E-state index is 2.75. The van der Waals surface area contributed by atoms with Gasteiger partial charge in [0.1, 0.15) is 0 Å². The Morgan fingerprint density at radius 3 is 1.86 bits per heavy atom. The minimum atomic E-state index is 0.677. The number of hydrogen-bond acceptors (Lipinski definition) is 2. The highest BCUT2D eigenvalue weighted by molar-refractivity contribution is 5.06. The highest BCUT2D eigenvalue weighted by atomic mass is 15.3. The van der Waals surface area contributed by atoms with Gasteiger partial charge >= 0.3 is 0 Å². The largest absolute Gasteiger partial charge is 0.302 e. The summed E-state index contributed by atoms with van der Waals surface area (Å²) in [6.45, 7) is 23.4. The van der Waals surface area contributed by atoms with E-state index in [9.17, 15) is 0 Å². The molecule has 0 aromatic carbocycles. The zero-order chi connectivity index (χ0) is 16.5. The first-order valence-electron chi connectivity index (χ1n) is 9.67. The van der Waals surface area contributed by atoms with Crippen molar-refractivity contribution < 1.29 is 0 Å². The Hall–Kier alpha value is -0.0800. The van der Waals surface area contributed by atoms with Crippen molar-refractivity contribution in [2.75, 3.05) is 32.7 Å². The summed E-state index contributed by atoms with van der Waals surface area (Å²) in [5.41, 5.74) is 0.677. The van der Waals surface area contributed by atoms with Crippen molar-refractivity contribution in [1.29, 1.82) is 0 Å². The zero-order valence-electron chi connectivity index (χ0n) is 16.2. The molecule has 0 saturated carbocycles. The van der Waals surface area contributed by atoms with E-state index in [1.807, 2.05) is 0 Å². The first-order chi connectivity index (χ1) is 10.2. The summed E-state index contributed by atoms with van der Waals surface area (Å²) in [6.07, 6.45) is 2.82. The maximum Gasteiger partial charge on any atom is 0.0212 e. The third-order valence-corrected chi connectivity index (χ3v) is 6.09. The molecule has 2 nitrogen and oxygen atoms in total. The van der Waals surface area contributed by atoms with E-state index in [4.69, 9.17) is 0 Å². The molecular weight excluding hydrogens is 268 g/mol. The minimum absolute atomic E-state index is 0.677. The Morgan fingerprint density at radius 1 is 0.818 bits per heavy atom. The molecule has 130 valence electrons. The Kier molecular flexibility index (Phi) is 5.99. The summed E-state index contributed by atoms with van der Waals surface area (Å²) in [5.74, 6) is 3.42. The Bertz CT molecular complexity index is 334. The predicted molar refractivity (Wildman–Crippen MR) is 97.1 cm³/mol. The van der Waals surface area contributed by atoms with Gasteiger partial charge in [-0.2, -0.15) is 0 Å². The van der Waals surface area contributed by atoms with Gasteiger partial charge in [0, 0.05) is 44.2 Å². The molecule has 2 atom stereocenters.